The zero-order valence-corrected chi connectivity index (χ0v) is 15.0. The van der Waals surface area contributed by atoms with Crippen LogP contribution in [0.2, 0.25) is 0 Å². The van der Waals surface area contributed by atoms with E-state index in [-0.39, 0.29) is 18.4 Å². The number of nitrogens with two attached hydrogens (primary N) is 2. The number of rotatable bonds is 7. The monoisotopic (exact) mass is 362 g/mol. The van der Waals surface area contributed by atoms with Gasteiger partial charge in [0.25, 0.3) is 0 Å². The Labute approximate surface area is 151 Å². The molecule has 1 aromatic heterocycles. The van der Waals surface area contributed by atoms with E-state index in [0.717, 1.165) is 6.42 Å². The molecule has 0 aliphatic rings. The van der Waals surface area contributed by atoms with Crippen molar-refractivity contribution in [1.82, 2.24) is 9.97 Å². The van der Waals surface area contributed by atoms with Crippen LogP contribution in [0.5, 0.6) is 11.8 Å². The fraction of sp³-hybridized carbons (Fsp3) is 0.389. The number of ether oxygens (including phenoxy) is 2. The van der Waals surface area contributed by atoms with Gasteiger partial charge in [0.05, 0.1) is 5.69 Å². The van der Waals surface area contributed by atoms with Crippen LogP contribution in [-0.2, 0) is 0 Å². The lowest BCUT2D eigenvalue weighted by Crippen LogP contribution is -2.43. The number of hydrogen-bond acceptors (Lipinski definition) is 6. The number of primary amides is 1. The zero-order chi connectivity index (χ0) is 19.3. The molecule has 1 heterocycles. The average Bonchev–Trinajstić information content (AvgIpc) is 2.52. The number of halogens is 1. The Balaban J connectivity index is 2.13. The van der Waals surface area contributed by atoms with E-state index in [1.54, 1.807) is 12.1 Å². The van der Waals surface area contributed by atoms with Gasteiger partial charge in [0.1, 0.15) is 6.61 Å². The molecule has 2 rings (SSSR count). The van der Waals surface area contributed by atoms with Crippen LogP contribution in [0.25, 0.3) is 11.3 Å². The van der Waals surface area contributed by atoms with E-state index in [2.05, 4.69) is 28.6 Å². The first-order valence-corrected chi connectivity index (χ1v) is 8.18. The smallest absolute Gasteiger partial charge is 0.412 e. The molecule has 1 amide bonds. The van der Waals surface area contributed by atoms with Crippen molar-refractivity contribution >= 4 is 6.09 Å². The lowest BCUT2D eigenvalue weighted by atomic mass is 9.93. The van der Waals surface area contributed by atoms with E-state index >= 15 is 0 Å². The van der Waals surface area contributed by atoms with E-state index in [9.17, 15) is 9.18 Å². The molecule has 4 N–H and O–H groups in total. The van der Waals surface area contributed by atoms with Gasteiger partial charge in [0.2, 0.25) is 0 Å². The van der Waals surface area contributed by atoms with Crippen molar-refractivity contribution in [2.75, 3.05) is 6.61 Å². The maximum atomic E-state index is 14.4. The predicted molar refractivity (Wildman–Crippen MR) is 95.2 cm³/mol. The van der Waals surface area contributed by atoms with Gasteiger partial charge in [-0.3, -0.25) is 0 Å². The normalized spacial score (nSPS) is 13.3. The van der Waals surface area contributed by atoms with Crippen LogP contribution in [0.1, 0.15) is 27.2 Å². The lowest BCUT2D eigenvalue weighted by Gasteiger charge is -2.26. The predicted octanol–water partition coefficient (Wildman–Crippen LogP) is 2.88. The first-order valence-electron chi connectivity index (χ1n) is 8.18. The molecule has 7 nitrogen and oxygen atoms in total. The van der Waals surface area contributed by atoms with Crippen molar-refractivity contribution < 1.29 is 18.7 Å². The Morgan fingerprint density at radius 1 is 1.35 bits per heavy atom. The third-order valence-corrected chi connectivity index (χ3v) is 3.48. The number of nitrogens with zero attached hydrogens (tertiary/aromatic N) is 2. The second-order valence-electron chi connectivity index (χ2n) is 6.83. The van der Waals surface area contributed by atoms with Gasteiger partial charge in [-0.25, -0.2) is 14.2 Å². The zero-order valence-electron chi connectivity index (χ0n) is 15.0. The second kappa shape index (κ2) is 8.09. The van der Waals surface area contributed by atoms with Crippen LogP contribution in [0, 0.1) is 11.7 Å². The highest BCUT2D eigenvalue weighted by Crippen LogP contribution is 2.26. The van der Waals surface area contributed by atoms with Crippen LogP contribution in [0.4, 0.5) is 9.18 Å². The molecule has 140 valence electrons. The molecule has 8 heteroatoms. The van der Waals surface area contributed by atoms with Crippen molar-refractivity contribution in [1.29, 1.82) is 0 Å². The van der Waals surface area contributed by atoms with E-state index in [1.807, 2.05) is 6.92 Å². The van der Waals surface area contributed by atoms with E-state index in [4.69, 9.17) is 16.2 Å². The highest BCUT2D eigenvalue weighted by molar-refractivity contribution is 5.67. The van der Waals surface area contributed by atoms with Crippen molar-refractivity contribution in [3.63, 3.8) is 0 Å². The summed E-state index contributed by atoms with van der Waals surface area (Å²) in [6.07, 6.45) is 1.12. The summed E-state index contributed by atoms with van der Waals surface area (Å²) in [7, 11) is 0. The molecular weight excluding hydrogens is 339 g/mol. The van der Waals surface area contributed by atoms with Crippen LogP contribution in [-0.4, -0.2) is 28.2 Å². The van der Waals surface area contributed by atoms with Crippen LogP contribution in [0.3, 0.4) is 0 Å². The lowest BCUT2D eigenvalue weighted by molar-refractivity contribution is 0.200. The number of benzene rings is 1. The van der Waals surface area contributed by atoms with Crippen molar-refractivity contribution in [3.8, 4) is 23.0 Å². The summed E-state index contributed by atoms with van der Waals surface area (Å²) in [6, 6.07) is 5.78. The summed E-state index contributed by atoms with van der Waals surface area (Å²) >= 11 is 0. The van der Waals surface area contributed by atoms with Crippen molar-refractivity contribution in [2.45, 2.75) is 32.7 Å². The quantitative estimate of drug-likeness (QED) is 0.783. The largest absolute Gasteiger partial charge is 0.489 e. The van der Waals surface area contributed by atoms with Gasteiger partial charge in [-0.1, -0.05) is 13.8 Å². The van der Waals surface area contributed by atoms with Crippen molar-refractivity contribution in [3.05, 3.63) is 36.3 Å². The Morgan fingerprint density at radius 3 is 2.69 bits per heavy atom. The molecule has 26 heavy (non-hydrogen) atoms. The topological polar surface area (TPSA) is 113 Å². The molecule has 0 unspecified atom stereocenters. The summed E-state index contributed by atoms with van der Waals surface area (Å²) in [5.74, 6) is -0.0221. The number of amides is 1. The minimum absolute atomic E-state index is 0.108. The highest BCUT2D eigenvalue weighted by atomic mass is 19.1. The highest BCUT2D eigenvalue weighted by Gasteiger charge is 2.22. The number of carbonyl (C=O) groups excluding carboxylic acids is 1. The Kier molecular flexibility index (Phi) is 6.10. The molecule has 0 aliphatic heterocycles. The number of carbonyl (C=O) groups is 1. The van der Waals surface area contributed by atoms with E-state index < -0.39 is 17.4 Å². The fourth-order valence-electron chi connectivity index (χ4n) is 2.65. The maximum absolute atomic E-state index is 14.4. The summed E-state index contributed by atoms with van der Waals surface area (Å²) < 4.78 is 24.5. The Morgan fingerprint density at radius 2 is 2.08 bits per heavy atom. The summed E-state index contributed by atoms with van der Waals surface area (Å²) in [4.78, 5) is 18.5. The molecule has 0 bridgehead atoms. The van der Waals surface area contributed by atoms with Crippen LogP contribution >= 0.6 is 0 Å². The van der Waals surface area contributed by atoms with Gasteiger partial charge in [-0.2, -0.15) is 4.98 Å². The Bertz CT molecular complexity index is 781. The molecule has 0 saturated heterocycles. The standard InChI is InChI=1S/C18H23FN4O3/c1-11(2)9-18(3,21)10-25-15-5-4-12(8-13(15)19)14-6-7-22-17(23-14)26-16(20)24/h4-8,11H,9-10,21H2,1-3H3,(H2,20,24)/t18-/m0/s1. The second-order valence-corrected chi connectivity index (χ2v) is 6.83. The molecule has 0 spiro atoms. The van der Waals surface area contributed by atoms with Gasteiger partial charge in [0, 0.05) is 17.3 Å². The minimum Gasteiger partial charge on any atom is -0.489 e. The first-order chi connectivity index (χ1) is 12.2. The first kappa shape index (κ1) is 19.6. The van der Waals surface area contributed by atoms with Gasteiger partial charge in [-0.05, 0) is 43.5 Å². The molecule has 2 aromatic rings. The van der Waals surface area contributed by atoms with Gasteiger partial charge < -0.3 is 20.9 Å². The molecule has 1 atom stereocenters. The van der Waals surface area contributed by atoms with Gasteiger partial charge >= 0.3 is 12.1 Å². The number of hydrogen-bond donors (Lipinski definition) is 2. The third kappa shape index (κ3) is 5.66. The summed E-state index contributed by atoms with van der Waals surface area (Å²) in [6.45, 7) is 6.21. The van der Waals surface area contributed by atoms with Crippen LogP contribution < -0.4 is 20.9 Å². The van der Waals surface area contributed by atoms with Gasteiger partial charge in [0.15, 0.2) is 11.6 Å². The summed E-state index contributed by atoms with van der Waals surface area (Å²) in [5.41, 5.74) is 11.4. The van der Waals surface area contributed by atoms with E-state index in [1.165, 1.54) is 18.3 Å². The molecule has 0 fully saturated rings. The minimum atomic E-state index is -1.02. The van der Waals surface area contributed by atoms with Crippen LogP contribution in [0.15, 0.2) is 30.5 Å². The maximum Gasteiger partial charge on any atom is 0.412 e. The van der Waals surface area contributed by atoms with Crippen molar-refractivity contribution in [2.24, 2.45) is 17.4 Å². The molecular formula is C18H23FN4O3. The Hall–Kier alpha value is -2.74. The SMILES string of the molecule is CC(C)C[C@](C)(N)COc1ccc(-c2ccnc(OC(N)=O)n2)cc1F. The molecule has 0 saturated carbocycles. The molecule has 0 radical (unpaired) electrons. The fourth-order valence-corrected chi connectivity index (χ4v) is 2.65. The number of aromatic nitrogens is 2. The summed E-state index contributed by atoms with van der Waals surface area (Å²) in [5, 5.41) is 0. The average molecular weight is 362 g/mol. The van der Waals surface area contributed by atoms with E-state index in [0.29, 0.717) is 17.2 Å². The molecule has 0 aliphatic carbocycles. The third-order valence-electron chi connectivity index (χ3n) is 3.48. The van der Waals surface area contributed by atoms with Gasteiger partial charge in [-0.15, -0.1) is 0 Å². The molecule has 1 aromatic carbocycles.